The summed E-state index contributed by atoms with van der Waals surface area (Å²) in [6, 6.07) is 18.1. The fourth-order valence-corrected chi connectivity index (χ4v) is 3.17. The lowest BCUT2D eigenvalue weighted by atomic mass is 10.1. The van der Waals surface area contributed by atoms with Crippen molar-refractivity contribution in [3.05, 3.63) is 60.2 Å². The van der Waals surface area contributed by atoms with E-state index in [1.165, 1.54) is 5.56 Å². The van der Waals surface area contributed by atoms with Gasteiger partial charge in [0.05, 0.1) is 7.11 Å². The number of nitrogens with one attached hydrogen (secondary N) is 1. The van der Waals surface area contributed by atoms with Gasteiger partial charge in [-0.3, -0.25) is 4.99 Å². The lowest BCUT2D eigenvalue weighted by molar-refractivity contribution is 0.129. The van der Waals surface area contributed by atoms with E-state index < -0.39 is 0 Å². The zero-order valence-corrected chi connectivity index (χ0v) is 18.3. The first kappa shape index (κ1) is 21.3. The molecule has 1 heterocycles. The lowest BCUT2D eigenvalue weighted by Gasteiger charge is -2.34. The zero-order valence-electron chi connectivity index (χ0n) is 15.9. The molecular weight excluding hydrogens is 453 g/mol. The molecule has 0 unspecified atom stereocenters. The minimum absolute atomic E-state index is 0. The van der Waals surface area contributed by atoms with Crippen LogP contribution in [0.5, 0.6) is 11.5 Å². The maximum absolute atomic E-state index is 6.07. The molecule has 0 radical (unpaired) electrons. The third-order valence-corrected chi connectivity index (χ3v) is 4.58. The highest BCUT2D eigenvalue weighted by Crippen LogP contribution is 2.19. The van der Waals surface area contributed by atoms with Crippen molar-refractivity contribution in [1.82, 2.24) is 10.2 Å². The molecule has 1 aliphatic rings. The third-order valence-electron chi connectivity index (χ3n) is 4.58. The van der Waals surface area contributed by atoms with Crippen LogP contribution in [0.2, 0.25) is 0 Å². The summed E-state index contributed by atoms with van der Waals surface area (Å²) in [6.07, 6.45) is 2.26. The number of ether oxygens (including phenoxy) is 2. The number of rotatable bonds is 5. The maximum Gasteiger partial charge on any atom is 0.193 e. The second-order valence-electron chi connectivity index (χ2n) is 6.37. The SMILES string of the molecule is CN=C(NCc1cccc(OC)c1)N1CCC(Oc2ccccc2)CC1.I. The molecule has 2 aromatic rings. The average Bonchev–Trinajstić information content (AvgIpc) is 2.70. The van der Waals surface area contributed by atoms with Gasteiger partial charge in [0.25, 0.3) is 0 Å². The standard InChI is InChI=1S/C21H27N3O2.HI/c1-22-21(23-16-17-7-6-10-20(15-17)25-2)24-13-11-19(12-14-24)26-18-8-4-3-5-9-18;/h3-10,15,19H,11-14,16H2,1-2H3,(H,22,23);1H. The Hall–Kier alpha value is -1.96. The van der Waals surface area contributed by atoms with Crippen molar-refractivity contribution in [2.45, 2.75) is 25.5 Å². The van der Waals surface area contributed by atoms with Crippen LogP contribution in [0.25, 0.3) is 0 Å². The number of aliphatic imine (C=N–C) groups is 1. The van der Waals surface area contributed by atoms with Gasteiger partial charge in [-0.1, -0.05) is 30.3 Å². The molecule has 0 atom stereocenters. The fraction of sp³-hybridized carbons (Fsp3) is 0.381. The summed E-state index contributed by atoms with van der Waals surface area (Å²) in [5.74, 6) is 2.76. The van der Waals surface area contributed by atoms with Crippen LogP contribution < -0.4 is 14.8 Å². The molecule has 6 heteroatoms. The molecule has 0 spiro atoms. The van der Waals surface area contributed by atoms with E-state index in [2.05, 4.69) is 21.3 Å². The third kappa shape index (κ3) is 6.30. The molecule has 0 saturated carbocycles. The minimum Gasteiger partial charge on any atom is -0.497 e. The predicted molar refractivity (Wildman–Crippen MR) is 120 cm³/mol. The Morgan fingerprint density at radius 2 is 1.78 bits per heavy atom. The van der Waals surface area contributed by atoms with E-state index in [9.17, 15) is 0 Å². The number of para-hydroxylation sites is 1. The van der Waals surface area contributed by atoms with E-state index in [4.69, 9.17) is 9.47 Å². The second-order valence-corrected chi connectivity index (χ2v) is 6.37. The Balaban J connectivity index is 0.00000261. The van der Waals surface area contributed by atoms with E-state index in [0.717, 1.165) is 49.9 Å². The Morgan fingerprint density at radius 1 is 1.07 bits per heavy atom. The molecule has 0 aromatic heterocycles. The van der Waals surface area contributed by atoms with Gasteiger partial charge in [0.2, 0.25) is 0 Å². The predicted octanol–water partition coefficient (Wildman–Crippen LogP) is 3.93. The monoisotopic (exact) mass is 481 g/mol. The summed E-state index contributed by atoms with van der Waals surface area (Å²) in [5.41, 5.74) is 1.17. The highest BCUT2D eigenvalue weighted by atomic mass is 127. The Morgan fingerprint density at radius 3 is 2.44 bits per heavy atom. The van der Waals surface area contributed by atoms with Gasteiger partial charge in [-0.2, -0.15) is 0 Å². The van der Waals surface area contributed by atoms with Crippen molar-refractivity contribution >= 4 is 29.9 Å². The lowest BCUT2D eigenvalue weighted by Crippen LogP contribution is -2.47. The molecule has 27 heavy (non-hydrogen) atoms. The first-order valence-electron chi connectivity index (χ1n) is 9.08. The van der Waals surface area contributed by atoms with E-state index in [1.807, 2.05) is 55.6 Å². The molecule has 146 valence electrons. The number of hydrogen-bond acceptors (Lipinski definition) is 3. The second kappa shape index (κ2) is 11.0. The number of piperidine rings is 1. The summed E-state index contributed by atoms with van der Waals surface area (Å²) < 4.78 is 11.4. The molecule has 1 fully saturated rings. The van der Waals surface area contributed by atoms with Gasteiger partial charge in [-0.25, -0.2) is 0 Å². The van der Waals surface area contributed by atoms with Crippen LogP contribution in [0, 0.1) is 0 Å². The fourth-order valence-electron chi connectivity index (χ4n) is 3.17. The van der Waals surface area contributed by atoms with Gasteiger partial charge in [-0.05, 0) is 29.8 Å². The molecule has 3 rings (SSSR count). The van der Waals surface area contributed by atoms with Gasteiger partial charge in [0.15, 0.2) is 5.96 Å². The number of guanidine groups is 1. The summed E-state index contributed by atoms with van der Waals surface area (Å²) in [4.78, 5) is 6.73. The van der Waals surface area contributed by atoms with Crippen LogP contribution in [0.15, 0.2) is 59.6 Å². The Labute approximate surface area is 178 Å². The number of halogens is 1. The van der Waals surface area contributed by atoms with Crippen molar-refractivity contribution in [3.8, 4) is 11.5 Å². The van der Waals surface area contributed by atoms with Crippen molar-refractivity contribution < 1.29 is 9.47 Å². The van der Waals surface area contributed by atoms with Gasteiger partial charge in [0, 0.05) is 39.5 Å². The molecule has 0 aliphatic carbocycles. The van der Waals surface area contributed by atoms with Crippen LogP contribution in [0.3, 0.4) is 0 Å². The number of methoxy groups -OCH3 is 1. The number of hydrogen-bond donors (Lipinski definition) is 1. The quantitative estimate of drug-likeness (QED) is 0.400. The Bertz CT molecular complexity index is 716. The smallest absolute Gasteiger partial charge is 0.193 e. The van der Waals surface area contributed by atoms with Crippen LogP contribution in [0.1, 0.15) is 18.4 Å². The number of nitrogens with zero attached hydrogens (tertiary/aromatic N) is 2. The van der Waals surface area contributed by atoms with Crippen LogP contribution in [0.4, 0.5) is 0 Å². The van der Waals surface area contributed by atoms with Gasteiger partial charge in [-0.15, -0.1) is 24.0 Å². The molecular formula is C21H28IN3O2. The van der Waals surface area contributed by atoms with E-state index in [0.29, 0.717) is 0 Å². The van der Waals surface area contributed by atoms with Crippen molar-refractivity contribution in [2.75, 3.05) is 27.2 Å². The van der Waals surface area contributed by atoms with E-state index in [1.54, 1.807) is 7.11 Å². The van der Waals surface area contributed by atoms with Crippen LogP contribution >= 0.6 is 24.0 Å². The summed E-state index contributed by atoms with van der Waals surface area (Å²) in [6.45, 7) is 2.61. The van der Waals surface area contributed by atoms with Crippen LogP contribution in [-0.2, 0) is 6.54 Å². The largest absolute Gasteiger partial charge is 0.497 e. The molecule has 2 aromatic carbocycles. The van der Waals surface area contributed by atoms with E-state index >= 15 is 0 Å². The summed E-state index contributed by atoms with van der Waals surface area (Å²) in [7, 11) is 3.52. The van der Waals surface area contributed by atoms with Crippen LogP contribution in [-0.4, -0.2) is 44.2 Å². The maximum atomic E-state index is 6.07. The number of benzene rings is 2. The van der Waals surface area contributed by atoms with Crippen molar-refractivity contribution in [2.24, 2.45) is 4.99 Å². The van der Waals surface area contributed by atoms with Crippen molar-refractivity contribution in [3.63, 3.8) is 0 Å². The molecule has 1 N–H and O–H groups in total. The van der Waals surface area contributed by atoms with Crippen molar-refractivity contribution in [1.29, 1.82) is 0 Å². The average molecular weight is 481 g/mol. The molecule has 5 nitrogen and oxygen atoms in total. The molecule has 0 bridgehead atoms. The van der Waals surface area contributed by atoms with E-state index in [-0.39, 0.29) is 30.1 Å². The van der Waals surface area contributed by atoms with Gasteiger partial charge in [0.1, 0.15) is 17.6 Å². The molecule has 1 saturated heterocycles. The van der Waals surface area contributed by atoms with Gasteiger partial charge < -0.3 is 19.7 Å². The molecule has 1 aliphatic heterocycles. The topological polar surface area (TPSA) is 46.1 Å². The zero-order chi connectivity index (χ0) is 18.2. The highest BCUT2D eigenvalue weighted by molar-refractivity contribution is 14.0. The highest BCUT2D eigenvalue weighted by Gasteiger charge is 2.22. The van der Waals surface area contributed by atoms with Gasteiger partial charge >= 0.3 is 0 Å². The summed E-state index contributed by atoms with van der Waals surface area (Å²) in [5, 5.41) is 3.45. The molecule has 0 amide bonds. The first-order chi connectivity index (χ1) is 12.8. The number of likely N-dealkylation sites (tertiary alicyclic amines) is 1. The summed E-state index contributed by atoms with van der Waals surface area (Å²) >= 11 is 0. The Kier molecular flexibility index (Phi) is 8.71. The normalized spacial score (nSPS) is 15.0. The minimum atomic E-state index is 0. The first-order valence-corrected chi connectivity index (χ1v) is 9.08.